The summed E-state index contributed by atoms with van der Waals surface area (Å²) in [7, 11) is 1.40. The van der Waals surface area contributed by atoms with Gasteiger partial charge in [0.25, 0.3) is 11.5 Å². The van der Waals surface area contributed by atoms with E-state index in [1.54, 1.807) is 6.07 Å². The molecular formula is C17H19ClFN3O4S. The van der Waals surface area contributed by atoms with Gasteiger partial charge in [-0.15, -0.1) is 11.8 Å². The van der Waals surface area contributed by atoms with Gasteiger partial charge >= 0.3 is 0 Å². The smallest absolute Gasteiger partial charge is 0.278 e. The summed E-state index contributed by atoms with van der Waals surface area (Å²) in [5, 5.41) is 11.8. The molecule has 0 bridgehead atoms. The lowest BCUT2D eigenvalue weighted by atomic mass is 10.2. The highest BCUT2D eigenvalue weighted by atomic mass is 35.5. The molecule has 0 aliphatic rings. The number of carbonyl (C=O) groups is 1. The molecule has 146 valence electrons. The molecule has 1 heterocycles. The van der Waals surface area contributed by atoms with Crippen molar-refractivity contribution in [2.45, 2.75) is 17.9 Å². The second-order valence-corrected chi connectivity index (χ2v) is 6.97. The molecule has 2 aromatic rings. The first-order valence-corrected chi connectivity index (χ1v) is 9.45. The van der Waals surface area contributed by atoms with Gasteiger partial charge in [-0.3, -0.25) is 19.0 Å². The second-order valence-electron chi connectivity index (χ2n) is 5.68. The lowest BCUT2D eigenvalue weighted by Gasteiger charge is -2.17. The van der Waals surface area contributed by atoms with E-state index in [0.717, 1.165) is 9.46 Å². The summed E-state index contributed by atoms with van der Waals surface area (Å²) in [5.74, 6) is -1.21. The number of nitrogens with one attached hydrogen (secondary N) is 2. The lowest BCUT2D eigenvalue weighted by Crippen LogP contribution is -2.30. The Morgan fingerprint density at radius 2 is 2.15 bits per heavy atom. The van der Waals surface area contributed by atoms with Gasteiger partial charge in [0.2, 0.25) is 0 Å². The van der Waals surface area contributed by atoms with Crippen LogP contribution in [0, 0.1) is 5.82 Å². The van der Waals surface area contributed by atoms with E-state index < -0.39 is 23.4 Å². The first-order chi connectivity index (χ1) is 12.7. The molecule has 0 radical (unpaired) electrons. The predicted molar refractivity (Wildman–Crippen MR) is 103 cm³/mol. The normalized spacial score (nSPS) is 11.9. The van der Waals surface area contributed by atoms with E-state index in [-0.39, 0.29) is 28.7 Å². The maximum absolute atomic E-state index is 14.3. The molecule has 1 aromatic heterocycles. The first-order valence-electron chi connectivity index (χ1n) is 7.84. The summed E-state index contributed by atoms with van der Waals surface area (Å²) >= 11 is 7.28. The van der Waals surface area contributed by atoms with Gasteiger partial charge in [-0.25, -0.2) is 9.87 Å². The zero-order valence-electron chi connectivity index (χ0n) is 14.9. The van der Waals surface area contributed by atoms with Crippen molar-refractivity contribution in [3.63, 3.8) is 0 Å². The van der Waals surface area contributed by atoms with Gasteiger partial charge in [0.1, 0.15) is 23.3 Å². The van der Waals surface area contributed by atoms with Gasteiger partial charge in [0.15, 0.2) is 0 Å². The van der Waals surface area contributed by atoms with Gasteiger partial charge in [0, 0.05) is 11.9 Å². The minimum absolute atomic E-state index is 0.0268. The number of thioether (sulfide) groups is 1. The number of amides is 1. The van der Waals surface area contributed by atoms with Gasteiger partial charge < -0.3 is 10.4 Å². The molecule has 1 aromatic carbocycles. The average molecular weight is 416 g/mol. The summed E-state index contributed by atoms with van der Waals surface area (Å²) in [6.07, 6.45) is 1.04. The third-order valence-corrected chi connectivity index (χ3v) is 4.53. The summed E-state index contributed by atoms with van der Waals surface area (Å²) in [4.78, 5) is 30.2. The maximum atomic E-state index is 14.3. The average Bonchev–Trinajstić information content (AvgIpc) is 2.62. The Bertz CT molecular complexity index is 904. The molecule has 0 fully saturated rings. The van der Waals surface area contributed by atoms with Crippen LogP contribution < -0.4 is 16.4 Å². The fraction of sp³-hybridized carbons (Fsp3) is 0.294. The molecule has 1 atom stereocenters. The number of aliphatic hydroxyl groups is 1. The van der Waals surface area contributed by atoms with Crippen LogP contribution in [-0.4, -0.2) is 34.5 Å². The van der Waals surface area contributed by atoms with Crippen LogP contribution in [0.4, 0.5) is 15.9 Å². The first kappa shape index (κ1) is 21.2. The SMILES string of the molecule is CSc1ccc(Nc2c(C(=O)NOCC(C)O)cc(Cl)c(=O)n2C)c(F)c1. The third kappa shape index (κ3) is 5.23. The zero-order chi connectivity index (χ0) is 20.1. The van der Waals surface area contributed by atoms with E-state index in [1.165, 1.54) is 43.9 Å². The molecule has 1 amide bonds. The van der Waals surface area contributed by atoms with Crippen molar-refractivity contribution in [3.8, 4) is 0 Å². The van der Waals surface area contributed by atoms with Crippen molar-refractivity contribution in [1.82, 2.24) is 10.0 Å². The summed E-state index contributed by atoms with van der Waals surface area (Å²) in [5.41, 5.74) is 1.66. The molecule has 0 spiro atoms. The van der Waals surface area contributed by atoms with Crippen LogP contribution in [0.3, 0.4) is 0 Å². The Balaban J connectivity index is 2.41. The van der Waals surface area contributed by atoms with Gasteiger partial charge in [-0.2, -0.15) is 0 Å². The number of benzene rings is 1. The second kappa shape index (κ2) is 9.23. The van der Waals surface area contributed by atoms with Crippen LogP contribution in [0.2, 0.25) is 5.02 Å². The van der Waals surface area contributed by atoms with Gasteiger partial charge in [0.05, 0.1) is 17.4 Å². The number of aliphatic hydroxyl groups excluding tert-OH is 1. The number of anilines is 2. The van der Waals surface area contributed by atoms with Crippen molar-refractivity contribution in [3.05, 3.63) is 51.0 Å². The molecule has 0 saturated heterocycles. The molecule has 27 heavy (non-hydrogen) atoms. The molecule has 10 heteroatoms. The quantitative estimate of drug-likeness (QED) is 0.475. The van der Waals surface area contributed by atoms with E-state index in [1.807, 2.05) is 6.26 Å². The molecular weight excluding hydrogens is 397 g/mol. The molecule has 0 saturated carbocycles. The zero-order valence-corrected chi connectivity index (χ0v) is 16.4. The van der Waals surface area contributed by atoms with Crippen LogP contribution in [0.1, 0.15) is 17.3 Å². The molecule has 0 aliphatic carbocycles. The van der Waals surface area contributed by atoms with Crippen LogP contribution in [0.15, 0.2) is 34.0 Å². The standard InChI is InChI=1S/C17H19ClFN3O4S/c1-9(23)8-26-21-16(24)11-7-12(18)17(25)22(2)15(11)20-14-5-4-10(27-3)6-13(14)19/h4-7,9,20,23H,8H2,1-3H3,(H,21,24). The molecule has 3 N–H and O–H groups in total. The Kier molecular flexibility index (Phi) is 7.25. The third-order valence-electron chi connectivity index (χ3n) is 3.53. The number of hydroxylamine groups is 1. The number of halogens is 2. The van der Waals surface area contributed by atoms with Crippen molar-refractivity contribution >= 4 is 40.8 Å². The van der Waals surface area contributed by atoms with Crippen molar-refractivity contribution in [1.29, 1.82) is 0 Å². The van der Waals surface area contributed by atoms with Crippen LogP contribution >= 0.6 is 23.4 Å². The predicted octanol–water partition coefficient (Wildman–Crippen LogP) is 2.69. The van der Waals surface area contributed by atoms with Crippen LogP contribution in [-0.2, 0) is 11.9 Å². The molecule has 7 nitrogen and oxygen atoms in total. The van der Waals surface area contributed by atoms with Crippen LogP contribution in [0.25, 0.3) is 0 Å². The summed E-state index contributed by atoms with van der Waals surface area (Å²) in [6.45, 7) is 1.36. The fourth-order valence-electron chi connectivity index (χ4n) is 2.16. The van der Waals surface area contributed by atoms with Crippen molar-refractivity contribution in [2.24, 2.45) is 7.05 Å². The van der Waals surface area contributed by atoms with E-state index >= 15 is 0 Å². The number of rotatable bonds is 7. The van der Waals surface area contributed by atoms with Gasteiger partial charge in [-0.1, -0.05) is 11.6 Å². The number of carbonyl (C=O) groups excluding carboxylic acids is 1. The minimum Gasteiger partial charge on any atom is -0.391 e. The Morgan fingerprint density at radius 1 is 1.44 bits per heavy atom. The number of hydrogen-bond donors (Lipinski definition) is 3. The van der Waals surface area contributed by atoms with E-state index in [9.17, 15) is 19.1 Å². The monoisotopic (exact) mass is 415 g/mol. The summed E-state index contributed by atoms with van der Waals surface area (Å²) in [6, 6.07) is 5.72. The molecule has 1 unspecified atom stereocenters. The Labute approximate surface area is 164 Å². The topological polar surface area (TPSA) is 92.6 Å². The minimum atomic E-state index is -0.782. The van der Waals surface area contributed by atoms with E-state index in [4.69, 9.17) is 16.4 Å². The summed E-state index contributed by atoms with van der Waals surface area (Å²) < 4.78 is 15.4. The number of hydrogen-bond acceptors (Lipinski definition) is 6. The Hall–Kier alpha value is -2.07. The van der Waals surface area contributed by atoms with E-state index in [2.05, 4.69) is 10.8 Å². The number of nitrogens with zero attached hydrogens (tertiary/aromatic N) is 1. The Morgan fingerprint density at radius 3 is 2.74 bits per heavy atom. The van der Waals surface area contributed by atoms with E-state index in [0.29, 0.717) is 0 Å². The van der Waals surface area contributed by atoms with Crippen molar-refractivity contribution < 1.29 is 19.1 Å². The van der Waals surface area contributed by atoms with Crippen LogP contribution in [0.5, 0.6) is 0 Å². The number of pyridine rings is 1. The van der Waals surface area contributed by atoms with Gasteiger partial charge in [-0.05, 0) is 37.4 Å². The molecule has 0 aliphatic heterocycles. The maximum Gasteiger partial charge on any atom is 0.278 e. The van der Waals surface area contributed by atoms with Crippen molar-refractivity contribution in [2.75, 3.05) is 18.2 Å². The molecule has 2 rings (SSSR count). The lowest BCUT2D eigenvalue weighted by molar-refractivity contribution is -0.00685. The largest absolute Gasteiger partial charge is 0.391 e. The highest BCUT2D eigenvalue weighted by Crippen LogP contribution is 2.26. The fourth-order valence-corrected chi connectivity index (χ4v) is 2.82. The number of aromatic nitrogens is 1. The highest BCUT2D eigenvalue weighted by Gasteiger charge is 2.19. The highest BCUT2D eigenvalue weighted by molar-refractivity contribution is 7.98.